The molecule has 0 saturated carbocycles. The van der Waals surface area contributed by atoms with Crippen LogP contribution in [0.25, 0.3) is 65.9 Å². The fraction of sp³-hybridized carbons (Fsp3) is 0. The van der Waals surface area contributed by atoms with Gasteiger partial charge in [0.05, 0.1) is 22.1 Å². The summed E-state index contributed by atoms with van der Waals surface area (Å²) < 4.78 is 4.65. The van der Waals surface area contributed by atoms with E-state index in [-0.39, 0.29) is 11.6 Å². The molecule has 0 bridgehead atoms. The van der Waals surface area contributed by atoms with Gasteiger partial charge >= 0.3 is 0 Å². The van der Waals surface area contributed by atoms with Crippen LogP contribution >= 0.6 is 0 Å². The first-order chi connectivity index (χ1) is 26.6. The van der Waals surface area contributed by atoms with Crippen LogP contribution in [-0.4, -0.2) is 30.9 Å². The molecule has 4 heterocycles. The van der Waals surface area contributed by atoms with Crippen LogP contribution in [0.1, 0.15) is 32.1 Å². The lowest BCUT2D eigenvalue weighted by Gasteiger charge is -2.13. The maximum absolute atomic E-state index is 13.0. The SMILES string of the molecule is O=C(c1ccc(-c2ccc3c(c2)c2ccccc2n3-n2c3ccccc3c3cc(-c4ccc(C(=O)c5ccccn5)cc4)ccc32)cc1)c1ccccn1. The number of benzene rings is 6. The van der Waals surface area contributed by atoms with Crippen molar-refractivity contribution < 1.29 is 9.59 Å². The van der Waals surface area contributed by atoms with E-state index in [9.17, 15) is 9.59 Å². The summed E-state index contributed by atoms with van der Waals surface area (Å²) in [5.74, 6) is -0.185. The van der Waals surface area contributed by atoms with E-state index in [0.29, 0.717) is 22.5 Å². The fourth-order valence-corrected chi connectivity index (χ4v) is 7.61. The van der Waals surface area contributed by atoms with Crippen molar-refractivity contribution in [3.63, 3.8) is 0 Å². The third-order valence-electron chi connectivity index (χ3n) is 10.3. The Kier molecular flexibility index (Phi) is 7.34. The Morgan fingerprint density at radius 3 is 1.13 bits per heavy atom. The summed E-state index contributed by atoms with van der Waals surface area (Å²) in [4.78, 5) is 34.5. The first-order valence-corrected chi connectivity index (χ1v) is 17.8. The smallest absolute Gasteiger partial charge is 0.211 e. The van der Waals surface area contributed by atoms with Crippen molar-refractivity contribution in [3.8, 4) is 22.3 Å². The van der Waals surface area contributed by atoms with E-state index in [1.807, 2.05) is 72.8 Å². The van der Waals surface area contributed by atoms with Crippen LogP contribution < -0.4 is 0 Å². The predicted molar refractivity (Wildman–Crippen MR) is 216 cm³/mol. The predicted octanol–water partition coefficient (Wildman–Crippen LogP) is 10.8. The second-order valence-corrected chi connectivity index (χ2v) is 13.4. The highest BCUT2D eigenvalue weighted by Crippen LogP contribution is 2.38. The Balaban J connectivity index is 1.07. The number of pyridine rings is 2. The van der Waals surface area contributed by atoms with E-state index in [1.165, 1.54) is 0 Å². The molecule has 0 aliphatic heterocycles. The van der Waals surface area contributed by atoms with Gasteiger partial charge in [0.15, 0.2) is 0 Å². The van der Waals surface area contributed by atoms with Gasteiger partial charge in [0.1, 0.15) is 11.4 Å². The molecule has 0 N–H and O–H groups in total. The third-order valence-corrected chi connectivity index (χ3v) is 10.3. The number of carbonyl (C=O) groups is 2. The van der Waals surface area contributed by atoms with Gasteiger partial charge < -0.3 is 0 Å². The Bertz CT molecular complexity index is 2840. The average Bonchev–Trinajstić information content (AvgIpc) is 3.75. The number of para-hydroxylation sites is 2. The van der Waals surface area contributed by atoms with Crippen LogP contribution in [0.3, 0.4) is 0 Å². The van der Waals surface area contributed by atoms with Gasteiger partial charge in [0.2, 0.25) is 11.6 Å². The lowest BCUT2D eigenvalue weighted by Crippen LogP contribution is -2.08. The highest BCUT2D eigenvalue weighted by Gasteiger charge is 2.19. The second kappa shape index (κ2) is 12.7. The molecule has 0 spiro atoms. The zero-order valence-electron chi connectivity index (χ0n) is 28.9. The Morgan fingerprint density at radius 2 is 0.722 bits per heavy atom. The molecule has 254 valence electrons. The molecule has 10 aromatic rings. The normalized spacial score (nSPS) is 11.5. The van der Waals surface area contributed by atoms with Crippen molar-refractivity contribution in [2.75, 3.05) is 0 Å². The number of ketones is 2. The summed E-state index contributed by atoms with van der Waals surface area (Å²) in [6.07, 6.45) is 3.28. The maximum atomic E-state index is 13.0. The van der Waals surface area contributed by atoms with Gasteiger partial charge in [-0.05, 0) is 82.9 Å². The topological polar surface area (TPSA) is 69.8 Å². The highest BCUT2D eigenvalue weighted by molar-refractivity contribution is 6.13. The van der Waals surface area contributed by atoms with Crippen molar-refractivity contribution in [1.29, 1.82) is 0 Å². The van der Waals surface area contributed by atoms with E-state index in [4.69, 9.17) is 0 Å². The van der Waals surface area contributed by atoms with Gasteiger partial charge in [-0.2, -0.15) is 0 Å². The molecule has 54 heavy (non-hydrogen) atoms. The van der Waals surface area contributed by atoms with Crippen molar-refractivity contribution in [2.24, 2.45) is 0 Å². The number of nitrogens with zero attached hydrogens (tertiary/aromatic N) is 4. The van der Waals surface area contributed by atoms with E-state index in [1.54, 1.807) is 24.5 Å². The molecule has 0 unspecified atom stereocenters. The molecule has 10 rings (SSSR count). The van der Waals surface area contributed by atoms with Gasteiger partial charge in [0.25, 0.3) is 0 Å². The number of carbonyl (C=O) groups excluding carboxylic acids is 2. The quantitative estimate of drug-likeness (QED) is 0.156. The average molecular weight is 695 g/mol. The molecule has 6 aromatic carbocycles. The lowest BCUT2D eigenvalue weighted by atomic mass is 9.99. The molecule has 6 nitrogen and oxygen atoms in total. The van der Waals surface area contributed by atoms with Gasteiger partial charge in [-0.25, -0.2) is 9.35 Å². The van der Waals surface area contributed by atoms with Crippen LogP contribution in [0, 0.1) is 0 Å². The molecule has 0 fully saturated rings. The van der Waals surface area contributed by atoms with Crippen LogP contribution in [0.5, 0.6) is 0 Å². The van der Waals surface area contributed by atoms with Gasteiger partial charge in [-0.15, -0.1) is 0 Å². The summed E-state index contributed by atoms with van der Waals surface area (Å²) in [7, 11) is 0. The summed E-state index contributed by atoms with van der Waals surface area (Å²) in [6, 6.07) is 56.5. The van der Waals surface area contributed by atoms with Crippen LogP contribution in [0.2, 0.25) is 0 Å². The van der Waals surface area contributed by atoms with Crippen molar-refractivity contribution in [3.05, 3.63) is 205 Å². The number of fused-ring (bicyclic) bond motifs is 6. The van der Waals surface area contributed by atoms with Crippen LogP contribution in [0.15, 0.2) is 182 Å². The molecule has 0 radical (unpaired) electrons. The minimum atomic E-state index is -0.0926. The van der Waals surface area contributed by atoms with Gasteiger partial charge in [-0.3, -0.25) is 19.6 Å². The standard InChI is InChI=1S/C48H30N4O2/c53-47(41-11-5-7-27-49-41)33-19-15-31(16-20-33)35-23-25-45-39(29-35)37-9-1-3-13-43(37)51(45)52-44-14-4-2-10-38(44)40-30-36(24-26-46(40)52)32-17-21-34(22-18-32)48(54)42-12-6-8-28-50-42/h1-30H. The molecule has 0 saturated heterocycles. The first kappa shape index (κ1) is 31.3. The van der Waals surface area contributed by atoms with E-state index >= 15 is 0 Å². The number of hydrogen-bond donors (Lipinski definition) is 0. The number of hydrogen-bond acceptors (Lipinski definition) is 4. The minimum absolute atomic E-state index is 0.0926. The summed E-state index contributed by atoms with van der Waals surface area (Å²) >= 11 is 0. The highest BCUT2D eigenvalue weighted by atomic mass is 16.1. The first-order valence-electron chi connectivity index (χ1n) is 17.8. The van der Waals surface area contributed by atoms with Gasteiger partial charge in [0, 0.05) is 45.1 Å². The van der Waals surface area contributed by atoms with E-state index in [0.717, 1.165) is 65.9 Å². The summed E-state index contributed by atoms with van der Waals surface area (Å²) in [5.41, 5.74) is 10.7. The van der Waals surface area contributed by atoms with E-state index < -0.39 is 0 Å². The Hall–Kier alpha value is -7.44. The molecule has 0 aliphatic rings. The number of rotatable bonds is 7. The molecular weight excluding hydrogens is 665 g/mol. The van der Waals surface area contributed by atoms with Gasteiger partial charge in [-0.1, -0.05) is 109 Å². The molecule has 0 atom stereocenters. The largest absolute Gasteiger partial charge is 0.287 e. The lowest BCUT2D eigenvalue weighted by molar-refractivity contribution is 0.102. The Labute approximate surface area is 310 Å². The van der Waals surface area contributed by atoms with Crippen molar-refractivity contribution in [2.45, 2.75) is 0 Å². The summed E-state index contributed by atoms with van der Waals surface area (Å²) in [5, 5.41) is 4.58. The summed E-state index contributed by atoms with van der Waals surface area (Å²) in [6.45, 7) is 0. The van der Waals surface area contributed by atoms with Crippen LogP contribution in [0.4, 0.5) is 0 Å². The fourth-order valence-electron chi connectivity index (χ4n) is 7.61. The van der Waals surface area contributed by atoms with E-state index in [2.05, 4.69) is 104 Å². The molecule has 0 aliphatic carbocycles. The van der Waals surface area contributed by atoms with Crippen molar-refractivity contribution in [1.82, 2.24) is 19.3 Å². The third kappa shape index (κ3) is 5.12. The number of aromatic nitrogens is 4. The monoisotopic (exact) mass is 694 g/mol. The molecular formula is C48H30N4O2. The van der Waals surface area contributed by atoms with Crippen molar-refractivity contribution >= 4 is 55.2 Å². The van der Waals surface area contributed by atoms with Crippen LogP contribution in [-0.2, 0) is 0 Å². The zero-order chi connectivity index (χ0) is 36.2. The molecule has 6 heteroatoms. The Morgan fingerprint density at radius 1 is 0.352 bits per heavy atom. The molecule has 4 aromatic heterocycles. The molecule has 0 amide bonds. The second-order valence-electron chi connectivity index (χ2n) is 13.4. The minimum Gasteiger partial charge on any atom is -0.287 e. The zero-order valence-corrected chi connectivity index (χ0v) is 28.9. The maximum Gasteiger partial charge on any atom is 0.211 e.